The van der Waals surface area contributed by atoms with Crippen LogP contribution in [0.5, 0.6) is 0 Å². The second kappa shape index (κ2) is 14.6. The fourth-order valence-electron chi connectivity index (χ4n) is 5.64. The van der Waals surface area contributed by atoms with Gasteiger partial charge in [0.25, 0.3) is 10.0 Å². The average molecular weight is 645 g/mol. The molecule has 3 aromatic rings. The van der Waals surface area contributed by atoms with Crippen LogP contribution in [0.4, 0.5) is 5.69 Å². The molecule has 0 spiro atoms. The molecule has 0 bridgehead atoms. The fraction of sp³-hybridized carbons (Fsp3) is 0.394. The van der Waals surface area contributed by atoms with Gasteiger partial charge in [0.2, 0.25) is 11.8 Å². The molecule has 1 fully saturated rings. The highest BCUT2D eigenvalue weighted by molar-refractivity contribution is 7.92. The van der Waals surface area contributed by atoms with Crippen molar-refractivity contribution in [3.8, 4) is 0 Å². The maximum Gasteiger partial charge on any atom is 0.264 e. The van der Waals surface area contributed by atoms with E-state index in [4.69, 9.17) is 23.2 Å². The van der Waals surface area contributed by atoms with Gasteiger partial charge in [-0.05, 0) is 69.0 Å². The van der Waals surface area contributed by atoms with Gasteiger partial charge in [0.05, 0.1) is 10.6 Å². The van der Waals surface area contributed by atoms with Crippen molar-refractivity contribution in [2.75, 3.05) is 10.8 Å². The zero-order chi connectivity index (χ0) is 31.1. The second-order valence-corrected chi connectivity index (χ2v) is 13.8. The SMILES string of the molecule is CCC(C(=O)NC1CCCCC1)N(Cc1c(Cl)cccc1Cl)C(=O)CN(c1ccc(C)cc1C)S(=O)(=O)c1ccccc1. The van der Waals surface area contributed by atoms with Gasteiger partial charge in [-0.1, -0.05) is 91.3 Å². The molecule has 7 nitrogen and oxygen atoms in total. The van der Waals surface area contributed by atoms with Gasteiger partial charge in [-0.2, -0.15) is 0 Å². The molecule has 10 heteroatoms. The summed E-state index contributed by atoms with van der Waals surface area (Å²) in [5.74, 6) is -0.809. The van der Waals surface area contributed by atoms with Gasteiger partial charge in [-0.15, -0.1) is 0 Å². The first-order chi connectivity index (χ1) is 20.5. The average Bonchev–Trinajstić information content (AvgIpc) is 2.98. The monoisotopic (exact) mass is 643 g/mol. The molecule has 0 radical (unpaired) electrons. The number of nitrogens with zero attached hydrogens (tertiary/aromatic N) is 2. The van der Waals surface area contributed by atoms with Crippen LogP contribution in [0.2, 0.25) is 10.0 Å². The highest BCUT2D eigenvalue weighted by atomic mass is 35.5. The zero-order valence-corrected chi connectivity index (χ0v) is 27.2. The van der Waals surface area contributed by atoms with Crippen LogP contribution in [-0.2, 0) is 26.2 Å². The standard InChI is InChI=1S/C33H39Cl2N3O4S/c1-4-30(33(40)36-25-12-7-5-8-13-25)37(21-27-28(34)16-11-17-29(27)35)32(39)22-38(31-19-18-23(2)20-24(31)3)43(41,42)26-14-9-6-10-15-26/h6,9-11,14-20,25,30H,4-5,7-8,12-13,21-22H2,1-3H3,(H,36,40). The number of benzene rings is 3. The van der Waals surface area contributed by atoms with Gasteiger partial charge in [0.15, 0.2) is 0 Å². The Balaban J connectivity index is 1.75. The summed E-state index contributed by atoms with van der Waals surface area (Å²) in [5, 5.41) is 3.86. The van der Waals surface area contributed by atoms with Gasteiger partial charge in [-0.25, -0.2) is 8.42 Å². The molecule has 1 aliphatic carbocycles. The zero-order valence-electron chi connectivity index (χ0n) is 24.9. The molecule has 1 saturated carbocycles. The van der Waals surface area contributed by atoms with Crippen molar-refractivity contribution < 1.29 is 18.0 Å². The first-order valence-corrected chi connectivity index (χ1v) is 16.9. The molecule has 0 aliphatic heterocycles. The Kier molecular flexibility index (Phi) is 11.2. The van der Waals surface area contributed by atoms with Crippen molar-refractivity contribution in [1.82, 2.24) is 10.2 Å². The van der Waals surface area contributed by atoms with E-state index in [1.165, 1.54) is 17.0 Å². The molecule has 230 valence electrons. The normalized spacial score (nSPS) is 14.6. The summed E-state index contributed by atoms with van der Waals surface area (Å²) in [4.78, 5) is 29.6. The topological polar surface area (TPSA) is 86.8 Å². The molecule has 43 heavy (non-hydrogen) atoms. The first-order valence-electron chi connectivity index (χ1n) is 14.7. The van der Waals surface area contributed by atoms with Crippen LogP contribution in [0.1, 0.15) is 62.1 Å². The van der Waals surface area contributed by atoms with E-state index in [0.29, 0.717) is 33.3 Å². The lowest BCUT2D eigenvalue weighted by atomic mass is 9.95. The van der Waals surface area contributed by atoms with E-state index in [1.54, 1.807) is 42.5 Å². The maximum absolute atomic E-state index is 14.4. The molecule has 3 aromatic carbocycles. The number of anilines is 1. The smallest absolute Gasteiger partial charge is 0.264 e. The number of sulfonamides is 1. The van der Waals surface area contributed by atoms with Crippen LogP contribution >= 0.6 is 23.2 Å². The number of hydrogen-bond acceptors (Lipinski definition) is 4. The first kappa shape index (κ1) is 32.8. The summed E-state index contributed by atoms with van der Waals surface area (Å²) in [7, 11) is -4.15. The number of carbonyl (C=O) groups is 2. The Morgan fingerprint density at radius 2 is 1.58 bits per heavy atom. The van der Waals surface area contributed by atoms with Crippen LogP contribution in [0.3, 0.4) is 0 Å². The third-order valence-electron chi connectivity index (χ3n) is 7.96. The summed E-state index contributed by atoms with van der Waals surface area (Å²) in [5.41, 5.74) is 2.55. The van der Waals surface area contributed by atoms with E-state index >= 15 is 0 Å². The second-order valence-electron chi connectivity index (χ2n) is 11.1. The number of carbonyl (C=O) groups excluding carboxylic acids is 2. The number of aryl methyl sites for hydroxylation is 2. The van der Waals surface area contributed by atoms with Gasteiger partial charge < -0.3 is 10.2 Å². The fourth-order valence-corrected chi connectivity index (χ4v) is 7.65. The lowest BCUT2D eigenvalue weighted by Crippen LogP contribution is -2.54. The van der Waals surface area contributed by atoms with Crippen molar-refractivity contribution in [3.05, 3.63) is 93.5 Å². The van der Waals surface area contributed by atoms with Gasteiger partial charge in [0, 0.05) is 28.2 Å². The van der Waals surface area contributed by atoms with Crippen molar-refractivity contribution in [2.24, 2.45) is 0 Å². The molecular weight excluding hydrogens is 605 g/mol. The lowest BCUT2D eigenvalue weighted by Gasteiger charge is -2.35. The number of halogens is 2. The molecule has 0 heterocycles. The van der Waals surface area contributed by atoms with Crippen molar-refractivity contribution in [2.45, 2.75) is 82.8 Å². The van der Waals surface area contributed by atoms with Crippen LogP contribution in [0.15, 0.2) is 71.6 Å². The molecule has 0 aromatic heterocycles. The Hall–Kier alpha value is -3.07. The number of amides is 2. The minimum absolute atomic E-state index is 0.0429. The molecule has 4 rings (SSSR count). The van der Waals surface area contributed by atoms with E-state index in [1.807, 2.05) is 32.9 Å². The number of rotatable bonds is 11. The van der Waals surface area contributed by atoms with E-state index in [0.717, 1.165) is 42.0 Å². The quantitative estimate of drug-likeness (QED) is 0.242. The van der Waals surface area contributed by atoms with Crippen molar-refractivity contribution >= 4 is 50.7 Å². The molecule has 1 aliphatic rings. The third-order valence-corrected chi connectivity index (χ3v) is 10.4. The Morgan fingerprint density at radius 3 is 2.19 bits per heavy atom. The van der Waals surface area contributed by atoms with Crippen LogP contribution in [0, 0.1) is 13.8 Å². The van der Waals surface area contributed by atoms with Gasteiger partial charge in [-0.3, -0.25) is 13.9 Å². The summed E-state index contributed by atoms with van der Waals surface area (Å²) in [6.07, 6.45) is 5.33. The van der Waals surface area contributed by atoms with Crippen LogP contribution < -0.4 is 9.62 Å². The van der Waals surface area contributed by atoms with Gasteiger partial charge >= 0.3 is 0 Å². The predicted molar refractivity (Wildman–Crippen MR) is 173 cm³/mol. The summed E-state index contributed by atoms with van der Waals surface area (Å²) in [6, 6.07) is 17.7. The lowest BCUT2D eigenvalue weighted by molar-refractivity contribution is -0.140. The minimum atomic E-state index is -4.15. The van der Waals surface area contributed by atoms with E-state index in [9.17, 15) is 18.0 Å². The van der Waals surface area contributed by atoms with Crippen LogP contribution in [-0.4, -0.2) is 43.8 Å². The number of hydrogen-bond donors (Lipinski definition) is 1. The molecule has 1 unspecified atom stereocenters. The molecule has 0 saturated heterocycles. The Bertz CT molecular complexity index is 1520. The Labute approximate surface area is 265 Å². The Morgan fingerprint density at radius 1 is 0.930 bits per heavy atom. The van der Waals surface area contributed by atoms with E-state index in [2.05, 4.69) is 5.32 Å². The summed E-state index contributed by atoms with van der Waals surface area (Å²) >= 11 is 13.0. The summed E-state index contributed by atoms with van der Waals surface area (Å²) in [6.45, 7) is 5.00. The predicted octanol–water partition coefficient (Wildman–Crippen LogP) is 7.06. The molecular formula is C33H39Cl2N3O4S. The maximum atomic E-state index is 14.4. The minimum Gasteiger partial charge on any atom is -0.352 e. The molecule has 2 amide bonds. The highest BCUT2D eigenvalue weighted by Gasteiger charge is 2.35. The van der Waals surface area contributed by atoms with E-state index in [-0.39, 0.29) is 23.4 Å². The summed E-state index contributed by atoms with van der Waals surface area (Å²) < 4.78 is 29.3. The largest absolute Gasteiger partial charge is 0.352 e. The molecule has 1 N–H and O–H groups in total. The third kappa shape index (κ3) is 7.91. The number of nitrogens with one attached hydrogen (secondary N) is 1. The highest BCUT2D eigenvalue weighted by Crippen LogP contribution is 2.30. The van der Waals surface area contributed by atoms with E-state index < -0.39 is 28.5 Å². The van der Waals surface area contributed by atoms with Crippen molar-refractivity contribution in [3.63, 3.8) is 0 Å². The van der Waals surface area contributed by atoms with Gasteiger partial charge in [0.1, 0.15) is 12.6 Å². The van der Waals surface area contributed by atoms with Crippen LogP contribution in [0.25, 0.3) is 0 Å². The van der Waals surface area contributed by atoms with Crippen molar-refractivity contribution in [1.29, 1.82) is 0 Å². The molecule has 1 atom stereocenters.